The van der Waals surface area contributed by atoms with E-state index in [4.69, 9.17) is 9.47 Å². The van der Waals surface area contributed by atoms with Crippen molar-refractivity contribution in [3.8, 4) is 5.75 Å². The van der Waals surface area contributed by atoms with E-state index in [-0.39, 0.29) is 6.04 Å². The van der Waals surface area contributed by atoms with Gasteiger partial charge in [0, 0.05) is 5.56 Å². The van der Waals surface area contributed by atoms with Gasteiger partial charge in [0.2, 0.25) is 0 Å². The summed E-state index contributed by atoms with van der Waals surface area (Å²) in [5.74, 6) is 0.906. The second-order valence-corrected chi connectivity index (χ2v) is 4.52. The zero-order valence-corrected chi connectivity index (χ0v) is 11.9. The van der Waals surface area contributed by atoms with Gasteiger partial charge < -0.3 is 14.8 Å². The summed E-state index contributed by atoms with van der Waals surface area (Å²) in [5.41, 5.74) is 1.14. The summed E-state index contributed by atoms with van der Waals surface area (Å²) in [6.07, 6.45) is 2.56. The molecule has 0 saturated heterocycles. The molecule has 0 aromatic heterocycles. The van der Waals surface area contributed by atoms with Gasteiger partial charge in [0.15, 0.2) is 0 Å². The molecule has 1 aromatic rings. The molecule has 0 bridgehead atoms. The Morgan fingerprint density at radius 2 is 2.00 bits per heavy atom. The number of hydrogen-bond acceptors (Lipinski definition) is 3. The zero-order chi connectivity index (χ0) is 13.4. The second-order valence-electron chi connectivity index (χ2n) is 4.52. The SMILES string of the molecule is CCCC(C)OCC(NC)c1ccccc1OC. The lowest BCUT2D eigenvalue weighted by atomic mass is 10.1. The van der Waals surface area contributed by atoms with Crippen LogP contribution < -0.4 is 10.1 Å². The Kier molecular flexibility index (Phi) is 6.76. The third-order valence-corrected chi connectivity index (χ3v) is 3.11. The second kappa shape index (κ2) is 8.11. The van der Waals surface area contributed by atoms with E-state index in [0.717, 1.165) is 24.2 Å². The average molecular weight is 251 g/mol. The summed E-state index contributed by atoms with van der Waals surface area (Å²) in [7, 11) is 3.65. The van der Waals surface area contributed by atoms with Crippen LogP contribution in [0, 0.1) is 0 Å². The van der Waals surface area contributed by atoms with Crippen molar-refractivity contribution < 1.29 is 9.47 Å². The number of hydrogen-bond donors (Lipinski definition) is 1. The molecule has 1 N–H and O–H groups in total. The molecular weight excluding hydrogens is 226 g/mol. The molecule has 102 valence electrons. The van der Waals surface area contributed by atoms with E-state index in [1.165, 1.54) is 0 Å². The van der Waals surface area contributed by atoms with E-state index >= 15 is 0 Å². The lowest BCUT2D eigenvalue weighted by Gasteiger charge is -2.21. The normalized spacial score (nSPS) is 14.2. The molecule has 0 heterocycles. The molecule has 3 nitrogen and oxygen atoms in total. The lowest BCUT2D eigenvalue weighted by molar-refractivity contribution is 0.0449. The molecular formula is C15H25NO2. The highest BCUT2D eigenvalue weighted by Crippen LogP contribution is 2.25. The molecule has 0 amide bonds. The van der Waals surface area contributed by atoms with Crippen molar-refractivity contribution in [2.75, 3.05) is 20.8 Å². The van der Waals surface area contributed by atoms with Crippen LogP contribution in [0.4, 0.5) is 0 Å². The van der Waals surface area contributed by atoms with E-state index < -0.39 is 0 Å². The Hall–Kier alpha value is -1.06. The molecule has 0 radical (unpaired) electrons. The van der Waals surface area contributed by atoms with E-state index in [2.05, 4.69) is 25.2 Å². The number of para-hydroxylation sites is 1. The lowest BCUT2D eigenvalue weighted by Crippen LogP contribution is -2.24. The van der Waals surface area contributed by atoms with Crippen molar-refractivity contribution >= 4 is 0 Å². The van der Waals surface area contributed by atoms with Crippen LogP contribution in [0.25, 0.3) is 0 Å². The summed E-state index contributed by atoms with van der Waals surface area (Å²) < 4.78 is 11.3. The molecule has 1 rings (SSSR count). The fourth-order valence-corrected chi connectivity index (χ4v) is 2.03. The van der Waals surface area contributed by atoms with Crippen molar-refractivity contribution in [1.29, 1.82) is 0 Å². The van der Waals surface area contributed by atoms with Crippen LogP contribution in [0.2, 0.25) is 0 Å². The molecule has 0 aliphatic carbocycles. The van der Waals surface area contributed by atoms with Gasteiger partial charge in [-0.3, -0.25) is 0 Å². The smallest absolute Gasteiger partial charge is 0.123 e. The summed E-state index contributed by atoms with van der Waals surface area (Å²) in [6, 6.07) is 8.23. The molecule has 18 heavy (non-hydrogen) atoms. The summed E-state index contributed by atoms with van der Waals surface area (Å²) in [4.78, 5) is 0. The van der Waals surface area contributed by atoms with Crippen molar-refractivity contribution in [2.45, 2.75) is 38.8 Å². The minimum absolute atomic E-state index is 0.167. The molecule has 0 spiro atoms. The number of rotatable bonds is 8. The van der Waals surface area contributed by atoms with Gasteiger partial charge in [0.05, 0.1) is 25.9 Å². The number of likely N-dealkylation sites (N-methyl/N-ethyl adjacent to an activating group) is 1. The van der Waals surface area contributed by atoms with Crippen molar-refractivity contribution in [3.63, 3.8) is 0 Å². The maximum atomic E-state index is 5.87. The summed E-state index contributed by atoms with van der Waals surface area (Å²) >= 11 is 0. The van der Waals surface area contributed by atoms with Crippen LogP contribution in [0.5, 0.6) is 5.75 Å². The standard InChI is InChI=1S/C15H25NO2/c1-5-8-12(2)18-11-14(16-3)13-9-6-7-10-15(13)17-4/h6-7,9-10,12,14,16H,5,8,11H2,1-4H3. The molecule has 0 saturated carbocycles. The highest BCUT2D eigenvalue weighted by Gasteiger charge is 2.15. The molecule has 1 aromatic carbocycles. The van der Waals surface area contributed by atoms with Crippen LogP contribution >= 0.6 is 0 Å². The van der Waals surface area contributed by atoms with Gasteiger partial charge in [-0.2, -0.15) is 0 Å². The van der Waals surface area contributed by atoms with Crippen molar-refractivity contribution in [1.82, 2.24) is 5.32 Å². The average Bonchev–Trinajstić information content (AvgIpc) is 2.40. The van der Waals surface area contributed by atoms with Gasteiger partial charge in [0.1, 0.15) is 5.75 Å². The van der Waals surface area contributed by atoms with Gasteiger partial charge in [-0.25, -0.2) is 0 Å². The van der Waals surface area contributed by atoms with Gasteiger partial charge >= 0.3 is 0 Å². The number of ether oxygens (including phenoxy) is 2. The van der Waals surface area contributed by atoms with E-state index in [9.17, 15) is 0 Å². The first kappa shape index (κ1) is 15.0. The minimum Gasteiger partial charge on any atom is -0.496 e. The highest BCUT2D eigenvalue weighted by molar-refractivity contribution is 5.35. The molecule has 0 aliphatic rings. The summed E-state index contributed by atoms with van der Waals surface area (Å²) in [5, 5.41) is 3.29. The first-order valence-electron chi connectivity index (χ1n) is 6.64. The van der Waals surface area contributed by atoms with Gasteiger partial charge in [-0.05, 0) is 26.5 Å². The Labute approximate surface area is 110 Å². The molecule has 2 unspecified atom stereocenters. The van der Waals surface area contributed by atoms with Crippen LogP contribution in [0.3, 0.4) is 0 Å². The van der Waals surface area contributed by atoms with Crippen LogP contribution in [-0.2, 0) is 4.74 Å². The number of methoxy groups -OCH3 is 1. The minimum atomic E-state index is 0.167. The van der Waals surface area contributed by atoms with Crippen LogP contribution in [0.1, 0.15) is 38.3 Å². The van der Waals surface area contributed by atoms with E-state index in [0.29, 0.717) is 12.7 Å². The first-order valence-corrected chi connectivity index (χ1v) is 6.64. The highest BCUT2D eigenvalue weighted by atomic mass is 16.5. The Morgan fingerprint density at radius 3 is 2.61 bits per heavy atom. The van der Waals surface area contributed by atoms with Crippen molar-refractivity contribution in [2.24, 2.45) is 0 Å². The number of benzene rings is 1. The fourth-order valence-electron chi connectivity index (χ4n) is 2.03. The Morgan fingerprint density at radius 1 is 1.28 bits per heavy atom. The summed E-state index contributed by atoms with van der Waals surface area (Å²) in [6.45, 7) is 4.96. The van der Waals surface area contributed by atoms with E-state index in [1.807, 2.05) is 25.2 Å². The van der Waals surface area contributed by atoms with Crippen molar-refractivity contribution in [3.05, 3.63) is 29.8 Å². The predicted octanol–water partition coefficient (Wildman–Crippen LogP) is 3.16. The molecule has 0 fully saturated rings. The van der Waals surface area contributed by atoms with Crippen LogP contribution in [0.15, 0.2) is 24.3 Å². The largest absolute Gasteiger partial charge is 0.496 e. The molecule has 3 heteroatoms. The van der Waals surface area contributed by atoms with E-state index in [1.54, 1.807) is 7.11 Å². The van der Waals surface area contributed by atoms with Gasteiger partial charge in [-0.1, -0.05) is 31.5 Å². The third kappa shape index (κ3) is 4.31. The topological polar surface area (TPSA) is 30.5 Å². The predicted molar refractivity (Wildman–Crippen MR) is 75.1 cm³/mol. The maximum absolute atomic E-state index is 5.87. The number of nitrogens with one attached hydrogen (secondary N) is 1. The molecule has 0 aliphatic heterocycles. The quantitative estimate of drug-likeness (QED) is 0.770. The molecule has 2 atom stereocenters. The van der Waals surface area contributed by atoms with Gasteiger partial charge in [0.25, 0.3) is 0 Å². The zero-order valence-electron chi connectivity index (χ0n) is 11.9. The Balaban J connectivity index is 2.65. The van der Waals surface area contributed by atoms with Gasteiger partial charge in [-0.15, -0.1) is 0 Å². The van der Waals surface area contributed by atoms with Crippen LogP contribution in [-0.4, -0.2) is 26.9 Å². The maximum Gasteiger partial charge on any atom is 0.123 e. The Bertz CT molecular complexity index is 341. The third-order valence-electron chi connectivity index (χ3n) is 3.11. The fraction of sp³-hybridized carbons (Fsp3) is 0.600. The first-order chi connectivity index (χ1) is 8.72. The monoisotopic (exact) mass is 251 g/mol.